The van der Waals surface area contributed by atoms with E-state index >= 15 is 0 Å². The molecule has 0 radical (unpaired) electrons. The number of halogens is 1. The Morgan fingerprint density at radius 2 is 1.71 bits per heavy atom. The number of aromatic nitrogens is 4. The maximum atomic E-state index is 11.4. The van der Waals surface area contributed by atoms with Gasteiger partial charge in [0.05, 0.1) is 25.1 Å². The molecule has 28 heavy (non-hydrogen) atoms. The van der Waals surface area contributed by atoms with Crippen molar-refractivity contribution in [1.82, 2.24) is 19.9 Å². The quantitative estimate of drug-likeness (QED) is 0.569. The SMILES string of the molecule is COc1cnc(OCCOc2nc(C(N)=O)ncc2-c2ccc(Cl)cc2)nc1. The van der Waals surface area contributed by atoms with Crippen LogP contribution in [-0.2, 0) is 0 Å². The zero-order valence-corrected chi connectivity index (χ0v) is 15.6. The van der Waals surface area contributed by atoms with Crippen LogP contribution in [0.5, 0.6) is 17.6 Å². The highest BCUT2D eigenvalue weighted by molar-refractivity contribution is 6.30. The van der Waals surface area contributed by atoms with Gasteiger partial charge in [-0.25, -0.2) is 4.98 Å². The lowest BCUT2D eigenvalue weighted by Gasteiger charge is -2.11. The zero-order valence-electron chi connectivity index (χ0n) is 14.8. The molecule has 1 amide bonds. The van der Waals surface area contributed by atoms with Crippen molar-refractivity contribution in [2.24, 2.45) is 5.73 Å². The summed E-state index contributed by atoms with van der Waals surface area (Å²) in [7, 11) is 1.52. The van der Waals surface area contributed by atoms with Gasteiger partial charge in [0.25, 0.3) is 5.91 Å². The predicted octanol–water partition coefficient (Wildman–Crippen LogP) is 2.15. The van der Waals surface area contributed by atoms with Gasteiger partial charge in [0.1, 0.15) is 13.2 Å². The van der Waals surface area contributed by atoms with E-state index in [0.717, 1.165) is 5.56 Å². The summed E-state index contributed by atoms with van der Waals surface area (Å²) in [6.07, 6.45) is 4.45. The van der Waals surface area contributed by atoms with Gasteiger partial charge in [-0.1, -0.05) is 23.7 Å². The second-order valence-electron chi connectivity index (χ2n) is 5.39. The number of hydrogen-bond donors (Lipinski definition) is 1. The number of carbonyl (C=O) groups is 1. The summed E-state index contributed by atoms with van der Waals surface area (Å²) in [6, 6.07) is 7.22. The minimum absolute atomic E-state index is 0.130. The number of rotatable bonds is 8. The van der Waals surface area contributed by atoms with Gasteiger partial charge in [-0.05, 0) is 17.7 Å². The summed E-state index contributed by atoms with van der Waals surface area (Å²) < 4.78 is 16.1. The first kappa shape index (κ1) is 19.3. The molecule has 0 fully saturated rings. The fourth-order valence-electron chi connectivity index (χ4n) is 2.18. The minimum Gasteiger partial charge on any atom is -0.494 e. The molecule has 0 spiro atoms. The van der Waals surface area contributed by atoms with Crippen molar-refractivity contribution in [3.05, 3.63) is 53.7 Å². The molecule has 0 atom stereocenters. The van der Waals surface area contributed by atoms with Crippen molar-refractivity contribution in [2.45, 2.75) is 0 Å². The number of nitrogens with two attached hydrogens (primary N) is 1. The van der Waals surface area contributed by atoms with Gasteiger partial charge < -0.3 is 19.9 Å². The number of primary amides is 1. The van der Waals surface area contributed by atoms with E-state index in [1.807, 2.05) is 0 Å². The molecule has 2 N–H and O–H groups in total. The molecule has 144 valence electrons. The highest BCUT2D eigenvalue weighted by Crippen LogP contribution is 2.28. The number of nitrogens with zero attached hydrogens (tertiary/aromatic N) is 4. The van der Waals surface area contributed by atoms with Crippen molar-refractivity contribution >= 4 is 17.5 Å². The normalized spacial score (nSPS) is 10.4. The smallest absolute Gasteiger partial charge is 0.316 e. The Labute approximate surface area is 165 Å². The monoisotopic (exact) mass is 401 g/mol. The van der Waals surface area contributed by atoms with E-state index in [1.54, 1.807) is 24.3 Å². The predicted molar refractivity (Wildman–Crippen MR) is 101 cm³/mol. The van der Waals surface area contributed by atoms with Crippen molar-refractivity contribution in [3.63, 3.8) is 0 Å². The van der Waals surface area contributed by atoms with Crippen LogP contribution in [0.4, 0.5) is 0 Å². The molecule has 0 saturated carbocycles. The minimum atomic E-state index is -0.754. The average Bonchev–Trinajstić information content (AvgIpc) is 2.72. The van der Waals surface area contributed by atoms with Crippen LogP contribution in [-0.4, -0.2) is 46.2 Å². The second kappa shape index (κ2) is 8.96. The van der Waals surface area contributed by atoms with Gasteiger partial charge in [-0.15, -0.1) is 0 Å². The molecular formula is C18H16ClN5O4. The van der Waals surface area contributed by atoms with E-state index in [1.165, 1.54) is 25.7 Å². The van der Waals surface area contributed by atoms with Gasteiger partial charge in [0, 0.05) is 11.2 Å². The van der Waals surface area contributed by atoms with Crippen molar-refractivity contribution < 1.29 is 19.0 Å². The Hall–Kier alpha value is -3.46. The highest BCUT2D eigenvalue weighted by Gasteiger charge is 2.14. The van der Waals surface area contributed by atoms with Crippen molar-refractivity contribution in [1.29, 1.82) is 0 Å². The molecule has 9 nitrogen and oxygen atoms in total. The largest absolute Gasteiger partial charge is 0.494 e. The topological polar surface area (TPSA) is 122 Å². The maximum Gasteiger partial charge on any atom is 0.316 e. The summed E-state index contributed by atoms with van der Waals surface area (Å²) in [5, 5.41) is 0.591. The number of methoxy groups -OCH3 is 1. The van der Waals surface area contributed by atoms with Gasteiger partial charge in [0.15, 0.2) is 5.75 Å². The third-order valence-electron chi connectivity index (χ3n) is 3.52. The average molecular weight is 402 g/mol. The van der Waals surface area contributed by atoms with E-state index in [9.17, 15) is 4.79 Å². The first-order chi connectivity index (χ1) is 13.6. The Morgan fingerprint density at radius 1 is 1.04 bits per heavy atom. The summed E-state index contributed by atoms with van der Waals surface area (Å²) >= 11 is 5.93. The molecule has 10 heteroatoms. The molecule has 0 unspecified atom stereocenters. The van der Waals surface area contributed by atoms with Gasteiger partial charge >= 0.3 is 6.01 Å². The molecule has 0 saturated heterocycles. The molecule has 0 aliphatic rings. The number of amides is 1. The summed E-state index contributed by atoms with van der Waals surface area (Å²) in [4.78, 5) is 27.4. The summed E-state index contributed by atoms with van der Waals surface area (Å²) in [6.45, 7) is 0.285. The first-order valence-corrected chi connectivity index (χ1v) is 8.49. The van der Waals surface area contributed by atoms with Crippen LogP contribution >= 0.6 is 11.6 Å². The number of carbonyl (C=O) groups excluding carboxylic acids is 1. The molecule has 0 bridgehead atoms. The van der Waals surface area contributed by atoms with Crippen LogP contribution < -0.4 is 19.9 Å². The molecule has 1 aromatic carbocycles. The second-order valence-corrected chi connectivity index (χ2v) is 5.82. The highest BCUT2D eigenvalue weighted by atomic mass is 35.5. The van der Waals surface area contributed by atoms with Crippen LogP contribution in [0.3, 0.4) is 0 Å². The van der Waals surface area contributed by atoms with E-state index in [2.05, 4.69) is 19.9 Å². The summed E-state index contributed by atoms with van der Waals surface area (Å²) in [5.41, 5.74) is 6.62. The fraction of sp³-hybridized carbons (Fsp3) is 0.167. The number of ether oxygens (including phenoxy) is 3. The molecule has 3 aromatic rings. The van der Waals surface area contributed by atoms with Crippen molar-refractivity contribution in [3.8, 4) is 28.8 Å². The van der Waals surface area contributed by atoms with E-state index in [0.29, 0.717) is 16.3 Å². The maximum absolute atomic E-state index is 11.4. The molecule has 0 aliphatic heterocycles. The lowest BCUT2D eigenvalue weighted by Crippen LogP contribution is -2.17. The van der Waals surface area contributed by atoms with Crippen LogP contribution in [0, 0.1) is 0 Å². The third kappa shape index (κ3) is 4.83. The molecular weight excluding hydrogens is 386 g/mol. The van der Waals surface area contributed by atoms with E-state index in [-0.39, 0.29) is 30.9 Å². The zero-order chi connectivity index (χ0) is 19.9. The standard InChI is InChI=1S/C18H16ClN5O4/c1-26-13-8-22-18(23-9-13)28-7-6-27-17-14(10-21-16(24-17)15(20)25)11-2-4-12(19)5-3-11/h2-5,8-10H,6-7H2,1H3,(H2,20,25). The molecule has 2 heterocycles. The molecule has 0 aliphatic carbocycles. The molecule has 2 aromatic heterocycles. The number of benzene rings is 1. The number of hydrogen-bond acceptors (Lipinski definition) is 8. The first-order valence-electron chi connectivity index (χ1n) is 8.11. The summed E-state index contributed by atoms with van der Waals surface area (Å²) in [5.74, 6) is -0.177. The molecule has 3 rings (SSSR count). The Bertz CT molecular complexity index is 951. The Kier molecular flexibility index (Phi) is 6.18. The van der Waals surface area contributed by atoms with Crippen LogP contribution in [0.15, 0.2) is 42.9 Å². The van der Waals surface area contributed by atoms with Crippen molar-refractivity contribution in [2.75, 3.05) is 20.3 Å². The third-order valence-corrected chi connectivity index (χ3v) is 3.77. The van der Waals surface area contributed by atoms with Crippen LogP contribution in [0.2, 0.25) is 5.02 Å². The Balaban J connectivity index is 1.70. The van der Waals surface area contributed by atoms with Crippen LogP contribution in [0.1, 0.15) is 10.6 Å². The van der Waals surface area contributed by atoms with Gasteiger partial charge in [0.2, 0.25) is 11.7 Å². The Morgan fingerprint density at radius 3 is 2.36 bits per heavy atom. The van der Waals surface area contributed by atoms with E-state index in [4.69, 9.17) is 31.5 Å². The van der Waals surface area contributed by atoms with E-state index < -0.39 is 5.91 Å². The van der Waals surface area contributed by atoms with Gasteiger partial charge in [-0.2, -0.15) is 15.0 Å². The van der Waals surface area contributed by atoms with Gasteiger partial charge in [-0.3, -0.25) is 4.79 Å². The lowest BCUT2D eigenvalue weighted by molar-refractivity contribution is 0.0989. The fourth-order valence-corrected chi connectivity index (χ4v) is 2.30. The van der Waals surface area contributed by atoms with Crippen LogP contribution in [0.25, 0.3) is 11.1 Å². The lowest BCUT2D eigenvalue weighted by atomic mass is 10.1.